The zero-order valence-corrected chi connectivity index (χ0v) is 13.8. The number of halogens is 2. The van der Waals surface area contributed by atoms with Crippen molar-refractivity contribution in [2.24, 2.45) is 0 Å². The van der Waals surface area contributed by atoms with Gasteiger partial charge in [-0.05, 0) is 36.4 Å². The lowest BCUT2D eigenvalue weighted by atomic mass is 10.0. The third-order valence-electron chi connectivity index (χ3n) is 3.58. The summed E-state index contributed by atoms with van der Waals surface area (Å²) >= 11 is 12.0. The van der Waals surface area contributed by atoms with E-state index >= 15 is 0 Å². The fraction of sp³-hybridized carbons (Fsp3) is 0.0588. The number of aromatic nitrogens is 1. The number of nitrogens with one attached hydrogen (secondary N) is 2. The van der Waals surface area contributed by atoms with Crippen molar-refractivity contribution >= 4 is 45.7 Å². The molecule has 0 aliphatic carbocycles. The van der Waals surface area contributed by atoms with Crippen LogP contribution in [0.5, 0.6) is 0 Å². The number of aliphatic hydroxyl groups excluding tert-OH is 1. The molecule has 0 unspecified atom stereocenters. The first-order chi connectivity index (χ1) is 11.5. The van der Waals surface area contributed by atoms with Crippen LogP contribution in [0.25, 0.3) is 10.9 Å². The van der Waals surface area contributed by atoms with Crippen molar-refractivity contribution in [1.29, 1.82) is 0 Å². The normalized spacial score (nSPS) is 10.8. The summed E-state index contributed by atoms with van der Waals surface area (Å²) in [6.45, 7) is -0.493. The standard InChI is InChI=1S/C17H12Cl2N2O3/c18-9-4-6-10(7-5-9)20-16(23)15-11(8-22)14-12(19)2-1-3-13(14)21-17(15)24/h1-7,22H,8H2,(H,20,23)(H,21,24). The Morgan fingerprint density at radius 3 is 2.50 bits per heavy atom. The molecule has 2 aromatic carbocycles. The van der Waals surface area contributed by atoms with Crippen molar-refractivity contribution in [2.75, 3.05) is 5.32 Å². The molecule has 3 rings (SSSR count). The molecule has 1 heterocycles. The van der Waals surface area contributed by atoms with Gasteiger partial charge >= 0.3 is 0 Å². The first kappa shape index (κ1) is 16.5. The predicted molar refractivity (Wildman–Crippen MR) is 94.9 cm³/mol. The number of H-pyrrole nitrogens is 1. The van der Waals surface area contributed by atoms with Gasteiger partial charge in [-0.3, -0.25) is 9.59 Å². The highest BCUT2D eigenvalue weighted by atomic mass is 35.5. The molecule has 0 saturated carbocycles. The number of rotatable bonds is 3. The molecule has 3 aromatic rings. The average Bonchev–Trinajstić information content (AvgIpc) is 2.55. The van der Waals surface area contributed by atoms with E-state index in [-0.39, 0.29) is 11.1 Å². The second kappa shape index (κ2) is 6.65. The number of pyridine rings is 1. The molecule has 0 fully saturated rings. The van der Waals surface area contributed by atoms with Crippen molar-refractivity contribution in [3.05, 3.63) is 74.0 Å². The van der Waals surface area contributed by atoms with Crippen LogP contribution in [0, 0.1) is 0 Å². The number of fused-ring (bicyclic) bond motifs is 1. The van der Waals surface area contributed by atoms with Gasteiger partial charge in [0.15, 0.2) is 0 Å². The Kier molecular flexibility index (Phi) is 4.57. The van der Waals surface area contributed by atoms with Crippen molar-refractivity contribution in [3.63, 3.8) is 0 Å². The highest BCUT2D eigenvalue weighted by Gasteiger charge is 2.20. The number of anilines is 1. The maximum absolute atomic E-state index is 12.5. The van der Waals surface area contributed by atoms with E-state index in [2.05, 4.69) is 10.3 Å². The van der Waals surface area contributed by atoms with E-state index in [0.717, 1.165) is 0 Å². The Bertz CT molecular complexity index is 982. The fourth-order valence-corrected chi connectivity index (χ4v) is 2.92. The van der Waals surface area contributed by atoms with Gasteiger partial charge in [-0.2, -0.15) is 0 Å². The van der Waals surface area contributed by atoms with Crippen LogP contribution in [0.2, 0.25) is 10.0 Å². The largest absolute Gasteiger partial charge is 0.392 e. The van der Waals surface area contributed by atoms with Gasteiger partial charge in [0.05, 0.1) is 17.1 Å². The maximum atomic E-state index is 12.5. The molecule has 0 radical (unpaired) electrons. The zero-order chi connectivity index (χ0) is 17.3. The molecule has 0 bridgehead atoms. The fourth-order valence-electron chi connectivity index (χ4n) is 2.51. The van der Waals surface area contributed by atoms with Crippen molar-refractivity contribution in [1.82, 2.24) is 4.98 Å². The number of carbonyl (C=O) groups is 1. The lowest BCUT2D eigenvalue weighted by Crippen LogP contribution is -2.26. The number of hydrogen-bond acceptors (Lipinski definition) is 3. The molecule has 0 aliphatic rings. The van der Waals surface area contributed by atoms with E-state index in [9.17, 15) is 14.7 Å². The van der Waals surface area contributed by atoms with E-state index in [1.807, 2.05) is 0 Å². The summed E-state index contributed by atoms with van der Waals surface area (Å²) in [4.78, 5) is 27.5. The Morgan fingerprint density at radius 1 is 1.12 bits per heavy atom. The monoisotopic (exact) mass is 362 g/mol. The summed E-state index contributed by atoms with van der Waals surface area (Å²) in [6, 6.07) is 11.4. The van der Waals surface area contributed by atoms with Gasteiger partial charge in [0.1, 0.15) is 5.56 Å². The van der Waals surface area contributed by atoms with Crippen LogP contribution < -0.4 is 10.9 Å². The van der Waals surface area contributed by atoms with Gasteiger partial charge in [0, 0.05) is 21.7 Å². The minimum absolute atomic E-state index is 0.173. The van der Waals surface area contributed by atoms with Crippen LogP contribution in [0.15, 0.2) is 47.3 Å². The molecular weight excluding hydrogens is 351 g/mol. The van der Waals surface area contributed by atoms with Crippen molar-refractivity contribution < 1.29 is 9.90 Å². The summed E-state index contributed by atoms with van der Waals surface area (Å²) in [7, 11) is 0. The van der Waals surface area contributed by atoms with Gasteiger partial charge in [0.25, 0.3) is 11.5 Å². The third-order valence-corrected chi connectivity index (χ3v) is 4.15. The molecule has 1 aromatic heterocycles. The summed E-state index contributed by atoms with van der Waals surface area (Å²) in [6.07, 6.45) is 0. The average molecular weight is 363 g/mol. The lowest BCUT2D eigenvalue weighted by Gasteiger charge is -2.12. The molecule has 0 saturated heterocycles. The molecule has 3 N–H and O–H groups in total. The summed E-state index contributed by atoms with van der Waals surface area (Å²) in [5.41, 5.74) is 0.352. The molecular formula is C17H12Cl2N2O3. The number of aromatic amines is 1. The van der Waals surface area contributed by atoms with E-state index in [1.54, 1.807) is 42.5 Å². The quantitative estimate of drug-likeness (QED) is 0.665. The first-order valence-electron chi connectivity index (χ1n) is 7.02. The molecule has 7 heteroatoms. The Labute approximate surface area is 146 Å². The SMILES string of the molecule is O=C(Nc1ccc(Cl)cc1)c1c(CO)c2c(Cl)cccc2[nH]c1=O. The molecule has 24 heavy (non-hydrogen) atoms. The lowest BCUT2D eigenvalue weighted by molar-refractivity contribution is 0.102. The van der Waals surface area contributed by atoms with Gasteiger partial charge in [-0.25, -0.2) is 0 Å². The van der Waals surface area contributed by atoms with Crippen LogP contribution in [-0.4, -0.2) is 16.0 Å². The molecule has 122 valence electrons. The van der Waals surface area contributed by atoms with Crippen LogP contribution in [0.4, 0.5) is 5.69 Å². The minimum Gasteiger partial charge on any atom is -0.392 e. The number of amides is 1. The topological polar surface area (TPSA) is 82.2 Å². The first-order valence-corrected chi connectivity index (χ1v) is 7.78. The Hall–Kier alpha value is -2.34. The van der Waals surface area contributed by atoms with Crippen LogP contribution >= 0.6 is 23.2 Å². The molecule has 5 nitrogen and oxygen atoms in total. The summed E-state index contributed by atoms with van der Waals surface area (Å²) in [5.74, 6) is -0.635. The highest BCUT2D eigenvalue weighted by molar-refractivity contribution is 6.36. The Morgan fingerprint density at radius 2 is 1.83 bits per heavy atom. The predicted octanol–water partition coefficient (Wildman–Crippen LogP) is 3.58. The number of hydrogen-bond donors (Lipinski definition) is 3. The van der Waals surface area contributed by atoms with Crippen LogP contribution in [0.1, 0.15) is 15.9 Å². The summed E-state index contributed by atoms with van der Waals surface area (Å²) < 4.78 is 0. The minimum atomic E-state index is -0.635. The molecule has 1 amide bonds. The van der Waals surface area contributed by atoms with Crippen LogP contribution in [0.3, 0.4) is 0 Å². The molecule has 0 spiro atoms. The van der Waals surface area contributed by atoms with E-state index in [0.29, 0.717) is 26.6 Å². The van der Waals surface area contributed by atoms with E-state index < -0.39 is 18.1 Å². The van der Waals surface area contributed by atoms with Gasteiger partial charge in [-0.1, -0.05) is 29.3 Å². The smallest absolute Gasteiger partial charge is 0.261 e. The number of aliphatic hydroxyl groups is 1. The van der Waals surface area contributed by atoms with Gasteiger partial charge in [-0.15, -0.1) is 0 Å². The number of carbonyl (C=O) groups excluding carboxylic acids is 1. The van der Waals surface area contributed by atoms with Crippen molar-refractivity contribution in [2.45, 2.75) is 6.61 Å². The van der Waals surface area contributed by atoms with E-state index in [1.165, 1.54) is 0 Å². The zero-order valence-electron chi connectivity index (χ0n) is 12.3. The van der Waals surface area contributed by atoms with Crippen molar-refractivity contribution in [3.8, 4) is 0 Å². The number of benzene rings is 2. The molecule has 0 aliphatic heterocycles. The second-order valence-electron chi connectivity index (χ2n) is 5.09. The van der Waals surface area contributed by atoms with Gasteiger partial charge in [0.2, 0.25) is 0 Å². The van der Waals surface area contributed by atoms with Crippen LogP contribution in [-0.2, 0) is 6.61 Å². The highest BCUT2D eigenvalue weighted by Crippen LogP contribution is 2.27. The van der Waals surface area contributed by atoms with E-state index in [4.69, 9.17) is 23.2 Å². The third kappa shape index (κ3) is 3.01. The second-order valence-corrected chi connectivity index (χ2v) is 5.93. The Balaban J connectivity index is 2.12. The molecule has 0 atom stereocenters. The van der Waals surface area contributed by atoms with Gasteiger partial charge < -0.3 is 15.4 Å². The summed E-state index contributed by atoms with van der Waals surface area (Å²) in [5, 5.41) is 13.6. The maximum Gasteiger partial charge on any atom is 0.261 e.